The van der Waals surface area contributed by atoms with Crippen LogP contribution in [0.5, 0.6) is 0 Å². The molecule has 1 aromatic carbocycles. The van der Waals surface area contributed by atoms with E-state index in [2.05, 4.69) is 38.9 Å². The maximum atomic E-state index is 12.4. The van der Waals surface area contributed by atoms with E-state index in [1.807, 2.05) is 30.3 Å². The van der Waals surface area contributed by atoms with Gasteiger partial charge in [-0.05, 0) is 50.2 Å². The van der Waals surface area contributed by atoms with Gasteiger partial charge in [-0.25, -0.2) is 4.98 Å². The van der Waals surface area contributed by atoms with Crippen LogP contribution in [0.15, 0.2) is 48.7 Å². The lowest BCUT2D eigenvalue weighted by molar-refractivity contribution is -0.126. The Hall–Kier alpha value is -2.73. The van der Waals surface area contributed by atoms with Crippen LogP contribution in [0, 0.1) is 5.92 Å². The molecule has 1 saturated heterocycles. The van der Waals surface area contributed by atoms with Crippen LogP contribution in [0.4, 0.5) is 0 Å². The maximum Gasteiger partial charge on any atom is 0.223 e. The van der Waals surface area contributed by atoms with Crippen molar-refractivity contribution in [2.45, 2.75) is 25.9 Å². The molecule has 0 unspecified atom stereocenters. The minimum absolute atomic E-state index is 0.0883. The molecule has 1 amide bonds. The standard InChI is InChI=1S/C21H25N5O/c1-25-19-8-3-2-7-18(19)24-20(25)15-26-12-9-16(10-13-26)21(27)23-14-17-6-4-5-11-22-17/h2-8,11,16H,9-10,12-15H2,1H3,(H,23,27). The molecule has 1 aliphatic rings. The fourth-order valence-electron chi connectivity index (χ4n) is 3.71. The van der Waals surface area contributed by atoms with Crippen LogP contribution in [0.3, 0.4) is 0 Å². The number of carbonyl (C=O) groups excluding carboxylic acids is 1. The van der Waals surface area contributed by atoms with E-state index < -0.39 is 0 Å². The molecule has 0 spiro atoms. The van der Waals surface area contributed by atoms with Gasteiger partial charge in [-0.3, -0.25) is 14.7 Å². The van der Waals surface area contributed by atoms with Crippen LogP contribution in [-0.2, 0) is 24.9 Å². The first kappa shape index (κ1) is 17.7. The van der Waals surface area contributed by atoms with Gasteiger partial charge in [-0.2, -0.15) is 0 Å². The number of hydrogen-bond acceptors (Lipinski definition) is 4. The molecule has 3 heterocycles. The van der Waals surface area contributed by atoms with Crippen LogP contribution in [0.1, 0.15) is 24.4 Å². The smallest absolute Gasteiger partial charge is 0.223 e. The summed E-state index contributed by atoms with van der Waals surface area (Å²) in [6.45, 7) is 3.17. The SMILES string of the molecule is Cn1c(CN2CCC(C(=O)NCc3ccccn3)CC2)nc2ccccc21. The van der Waals surface area contributed by atoms with Gasteiger partial charge in [0.05, 0.1) is 29.8 Å². The molecular weight excluding hydrogens is 338 g/mol. The predicted octanol–water partition coefficient (Wildman–Crippen LogP) is 2.50. The van der Waals surface area contributed by atoms with Crippen LogP contribution >= 0.6 is 0 Å². The summed E-state index contributed by atoms with van der Waals surface area (Å²) in [6, 6.07) is 14.0. The van der Waals surface area contributed by atoms with Crippen molar-refractivity contribution >= 4 is 16.9 Å². The fraction of sp³-hybridized carbons (Fsp3) is 0.381. The summed E-state index contributed by atoms with van der Waals surface area (Å²) in [5.74, 6) is 1.31. The number of aryl methyl sites for hydroxylation is 1. The lowest BCUT2D eigenvalue weighted by Crippen LogP contribution is -2.40. The number of nitrogens with zero attached hydrogens (tertiary/aromatic N) is 4. The van der Waals surface area contributed by atoms with E-state index in [4.69, 9.17) is 4.98 Å². The summed E-state index contributed by atoms with van der Waals surface area (Å²) in [5.41, 5.74) is 3.10. The zero-order valence-electron chi connectivity index (χ0n) is 15.6. The number of piperidine rings is 1. The lowest BCUT2D eigenvalue weighted by Gasteiger charge is -2.30. The van der Waals surface area contributed by atoms with Gasteiger partial charge < -0.3 is 9.88 Å². The Morgan fingerprint density at radius 3 is 2.67 bits per heavy atom. The highest BCUT2D eigenvalue weighted by Crippen LogP contribution is 2.21. The number of fused-ring (bicyclic) bond motifs is 1. The first-order valence-corrected chi connectivity index (χ1v) is 9.51. The second kappa shape index (κ2) is 7.88. The fourth-order valence-corrected chi connectivity index (χ4v) is 3.71. The highest BCUT2D eigenvalue weighted by molar-refractivity contribution is 5.78. The van der Waals surface area contributed by atoms with Gasteiger partial charge in [0, 0.05) is 19.2 Å². The molecule has 3 aromatic rings. The zero-order valence-corrected chi connectivity index (χ0v) is 15.6. The molecule has 4 rings (SSSR count). The molecule has 6 heteroatoms. The number of para-hydroxylation sites is 2. The molecule has 6 nitrogen and oxygen atoms in total. The quantitative estimate of drug-likeness (QED) is 0.757. The largest absolute Gasteiger partial charge is 0.350 e. The molecule has 1 fully saturated rings. The van der Waals surface area contributed by atoms with Crippen LogP contribution < -0.4 is 5.32 Å². The van der Waals surface area contributed by atoms with Crippen LogP contribution in [-0.4, -0.2) is 38.4 Å². The van der Waals surface area contributed by atoms with Crippen LogP contribution in [0.2, 0.25) is 0 Å². The third-order valence-corrected chi connectivity index (χ3v) is 5.37. The Bertz CT molecular complexity index is 913. The number of carbonyl (C=O) groups is 1. The summed E-state index contributed by atoms with van der Waals surface area (Å²) in [7, 11) is 2.07. The van der Waals surface area contributed by atoms with Gasteiger partial charge >= 0.3 is 0 Å². The normalized spacial score (nSPS) is 15.9. The number of hydrogen-bond donors (Lipinski definition) is 1. The number of imidazole rings is 1. The number of amides is 1. The predicted molar refractivity (Wildman–Crippen MR) is 105 cm³/mol. The Morgan fingerprint density at radius 2 is 1.93 bits per heavy atom. The van der Waals surface area contributed by atoms with Crippen molar-refractivity contribution in [1.29, 1.82) is 0 Å². The first-order valence-electron chi connectivity index (χ1n) is 9.51. The van der Waals surface area contributed by atoms with E-state index in [0.29, 0.717) is 6.54 Å². The molecule has 2 aromatic heterocycles. The van der Waals surface area contributed by atoms with Gasteiger partial charge in [0.25, 0.3) is 0 Å². The van der Waals surface area contributed by atoms with Crippen molar-refractivity contribution in [3.05, 3.63) is 60.2 Å². The molecular formula is C21H25N5O. The number of benzene rings is 1. The summed E-state index contributed by atoms with van der Waals surface area (Å²) >= 11 is 0. The molecule has 0 radical (unpaired) electrons. The number of pyridine rings is 1. The minimum Gasteiger partial charge on any atom is -0.350 e. The molecule has 1 aliphatic heterocycles. The average Bonchev–Trinajstić information content (AvgIpc) is 3.03. The van der Waals surface area contributed by atoms with E-state index >= 15 is 0 Å². The Kier molecular flexibility index (Phi) is 5.16. The van der Waals surface area contributed by atoms with Gasteiger partial charge in [0.1, 0.15) is 5.82 Å². The summed E-state index contributed by atoms with van der Waals surface area (Å²) in [6.07, 6.45) is 3.52. The monoisotopic (exact) mass is 363 g/mol. The number of likely N-dealkylation sites (tertiary alicyclic amines) is 1. The van der Waals surface area contributed by atoms with Crippen molar-refractivity contribution in [3.8, 4) is 0 Å². The molecule has 0 saturated carbocycles. The van der Waals surface area contributed by atoms with Crippen LogP contribution in [0.25, 0.3) is 11.0 Å². The Balaban J connectivity index is 1.29. The van der Waals surface area contributed by atoms with Crippen molar-refractivity contribution in [2.75, 3.05) is 13.1 Å². The van der Waals surface area contributed by atoms with Gasteiger partial charge in [-0.1, -0.05) is 18.2 Å². The average molecular weight is 363 g/mol. The maximum absolute atomic E-state index is 12.4. The van der Waals surface area contributed by atoms with E-state index in [1.165, 1.54) is 0 Å². The third kappa shape index (κ3) is 4.01. The molecule has 27 heavy (non-hydrogen) atoms. The number of rotatable bonds is 5. The number of aromatic nitrogens is 3. The van der Waals surface area contributed by atoms with Gasteiger partial charge in [0.2, 0.25) is 5.91 Å². The van der Waals surface area contributed by atoms with Crippen molar-refractivity contribution in [2.24, 2.45) is 13.0 Å². The minimum atomic E-state index is 0.0883. The summed E-state index contributed by atoms with van der Waals surface area (Å²) in [4.78, 5) is 23.8. The molecule has 0 atom stereocenters. The third-order valence-electron chi connectivity index (χ3n) is 5.37. The highest BCUT2D eigenvalue weighted by Gasteiger charge is 2.25. The van der Waals surface area contributed by atoms with Crippen molar-refractivity contribution < 1.29 is 4.79 Å². The second-order valence-corrected chi connectivity index (χ2v) is 7.17. The Morgan fingerprint density at radius 1 is 1.15 bits per heavy atom. The second-order valence-electron chi connectivity index (χ2n) is 7.17. The van der Waals surface area contributed by atoms with E-state index in [9.17, 15) is 4.79 Å². The van der Waals surface area contributed by atoms with E-state index in [-0.39, 0.29) is 11.8 Å². The molecule has 1 N–H and O–H groups in total. The summed E-state index contributed by atoms with van der Waals surface area (Å²) in [5, 5.41) is 3.02. The van der Waals surface area contributed by atoms with Gasteiger partial charge in [-0.15, -0.1) is 0 Å². The summed E-state index contributed by atoms with van der Waals surface area (Å²) < 4.78 is 2.17. The molecule has 0 aliphatic carbocycles. The van der Waals surface area contributed by atoms with E-state index in [1.54, 1.807) is 6.20 Å². The molecule has 140 valence electrons. The van der Waals surface area contributed by atoms with Crippen molar-refractivity contribution in [1.82, 2.24) is 24.8 Å². The zero-order chi connectivity index (χ0) is 18.6. The molecule has 0 bridgehead atoms. The van der Waals surface area contributed by atoms with E-state index in [0.717, 1.165) is 55.0 Å². The lowest BCUT2D eigenvalue weighted by atomic mass is 9.96. The Labute approximate surface area is 159 Å². The number of nitrogens with one attached hydrogen (secondary N) is 1. The van der Waals surface area contributed by atoms with Gasteiger partial charge in [0.15, 0.2) is 0 Å². The highest BCUT2D eigenvalue weighted by atomic mass is 16.1. The first-order chi connectivity index (χ1) is 13.2. The topological polar surface area (TPSA) is 63.1 Å². The van der Waals surface area contributed by atoms with Crippen molar-refractivity contribution in [3.63, 3.8) is 0 Å².